The van der Waals surface area contributed by atoms with Crippen LogP contribution in [0.4, 0.5) is 0 Å². The molecule has 242 valence electrons. The Hall–Kier alpha value is -4.27. The molecule has 0 unspecified atom stereocenters. The molecule has 0 radical (unpaired) electrons. The van der Waals surface area contributed by atoms with Crippen molar-refractivity contribution in [3.05, 3.63) is 72.1 Å². The first-order chi connectivity index (χ1) is 22.0. The molecule has 0 amide bonds. The van der Waals surface area contributed by atoms with E-state index in [4.69, 9.17) is 18.9 Å². The fourth-order valence-corrected chi connectivity index (χ4v) is 4.61. The third kappa shape index (κ3) is 13.5. The fourth-order valence-electron chi connectivity index (χ4n) is 4.61. The Bertz CT molecular complexity index is 1290. The zero-order valence-corrected chi connectivity index (χ0v) is 26.6. The van der Waals surface area contributed by atoms with Gasteiger partial charge in [-0.1, -0.05) is 76.8 Å². The van der Waals surface area contributed by atoms with Crippen LogP contribution in [0.25, 0.3) is 11.3 Å². The Balaban J connectivity index is 1.35. The zero-order chi connectivity index (χ0) is 32.1. The van der Waals surface area contributed by atoms with Gasteiger partial charge < -0.3 is 18.9 Å². The first-order valence-corrected chi connectivity index (χ1v) is 16.2. The van der Waals surface area contributed by atoms with E-state index in [1.807, 2.05) is 0 Å². The molecule has 9 heteroatoms. The molecule has 0 aliphatic rings. The number of benzene rings is 2. The van der Waals surface area contributed by atoms with Gasteiger partial charge in [-0.3, -0.25) is 4.79 Å². The van der Waals surface area contributed by atoms with Gasteiger partial charge in [-0.05, 0) is 56.2 Å². The summed E-state index contributed by atoms with van der Waals surface area (Å²) in [6, 6.07) is 13.0. The fraction of sp³-hybridized carbons (Fsp3) is 0.472. The molecule has 1 aromatic heterocycles. The second-order valence-electron chi connectivity index (χ2n) is 10.8. The lowest BCUT2D eigenvalue weighted by atomic mass is 10.1. The van der Waals surface area contributed by atoms with Crippen LogP contribution in [0.3, 0.4) is 0 Å². The van der Waals surface area contributed by atoms with Gasteiger partial charge in [0.15, 0.2) is 0 Å². The molecule has 0 fully saturated rings. The minimum atomic E-state index is -0.530. The van der Waals surface area contributed by atoms with Crippen LogP contribution in [0.15, 0.2) is 60.9 Å². The SMILES string of the molecule is CCCCCCCCCCCCOc1cnc(-c2ccc(C(=O)Oc3ccc(C(=O)OCCCC(=O)OCC)cc3)cc2)cn1. The maximum Gasteiger partial charge on any atom is 0.343 e. The molecule has 0 saturated carbocycles. The smallest absolute Gasteiger partial charge is 0.343 e. The van der Waals surface area contributed by atoms with Crippen molar-refractivity contribution in [2.75, 3.05) is 19.8 Å². The van der Waals surface area contributed by atoms with E-state index in [-0.39, 0.29) is 19.0 Å². The van der Waals surface area contributed by atoms with E-state index in [1.54, 1.807) is 43.6 Å². The van der Waals surface area contributed by atoms with Crippen LogP contribution in [-0.4, -0.2) is 47.7 Å². The number of carbonyl (C=O) groups is 3. The number of nitrogens with zero attached hydrogens (tertiary/aromatic N) is 2. The van der Waals surface area contributed by atoms with Gasteiger partial charge in [0.05, 0.1) is 49.0 Å². The molecule has 2 aromatic carbocycles. The summed E-state index contributed by atoms with van der Waals surface area (Å²) in [5.74, 6) is -0.580. The number of esters is 3. The van der Waals surface area contributed by atoms with Gasteiger partial charge in [0.2, 0.25) is 5.88 Å². The summed E-state index contributed by atoms with van der Waals surface area (Å²) < 4.78 is 21.2. The highest BCUT2D eigenvalue weighted by atomic mass is 16.5. The number of carbonyl (C=O) groups excluding carboxylic acids is 3. The van der Waals surface area contributed by atoms with E-state index in [0.29, 0.717) is 48.1 Å². The van der Waals surface area contributed by atoms with E-state index in [0.717, 1.165) is 18.4 Å². The van der Waals surface area contributed by atoms with Crippen LogP contribution in [0.5, 0.6) is 11.6 Å². The highest BCUT2D eigenvalue weighted by molar-refractivity contribution is 5.92. The summed E-state index contributed by atoms with van der Waals surface area (Å²) >= 11 is 0. The molecular weight excluding hydrogens is 572 g/mol. The standard InChI is InChI=1S/C36H46N2O7/c1-3-5-6-7-8-9-10-11-12-13-24-43-33-27-37-32(26-38-33)28-16-18-30(19-17-28)36(41)45-31-22-20-29(21-23-31)35(40)44-25-14-15-34(39)42-4-2/h16-23,26-27H,3-15,24-25H2,1-2H3. The van der Waals surface area contributed by atoms with Crippen LogP contribution in [0.2, 0.25) is 0 Å². The summed E-state index contributed by atoms with van der Waals surface area (Å²) in [5, 5.41) is 0. The molecule has 0 bridgehead atoms. The van der Waals surface area contributed by atoms with Crippen LogP contribution in [0, 0.1) is 0 Å². The minimum Gasteiger partial charge on any atom is -0.477 e. The van der Waals surface area contributed by atoms with E-state index in [9.17, 15) is 14.4 Å². The number of unbranched alkanes of at least 4 members (excludes halogenated alkanes) is 9. The van der Waals surface area contributed by atoms with Gasteiger partial charge in [0, 0.05) is 12.0 Å². The molecule has 0 saturated heterocycles. The van der Waals surface area contributed by atoms with Gasteiger partial charge in [0.25, 0.3) is 0 Å². The monoisotopic (exact) mass is 618 g/mol. The topological polar surface area (TPSA) is 114 Å². The van der Waals surface area contributed by atoms with Crippen molar-refractivity contribution in [1.82, 2.24) is 9.97 Å². The van der Waals surface area contributed by atoms with Crippen molar-refractivity contribution in [1.29, 1.82) is 0 Å². The maximum atomic E-state index is 12.7. The Labute approximate surface area is 266 Å². The highest BCUT2D eigenvalue weighted by Crippen LogP contribution is 2.20. The second-order valence-corrected chi connectivity index (χ2v) is 10.8. The molecule has 0 N–H and O–H groups in total. The van der Waals surface area contributed by atoms with E-state index in [2.05, 4.69) is 16.9 Å². The summed E-state index contributed by atoms with van der Waals surface area (Å²) in [6.07, 6.45) is 16.6. The van der Waals surface area contributed by atoms with Crippen LogP contribution in [-0.2, 0) is 14.3 Å². The molecule has 45 heavy (non-hydrogen) atoms. The molecule has 0 aliphatic carbocycles. The third-order valence-electron chi connectivity index (χ3n) is 7.16. The first kappa shape index (κ1) is 35.2. The lowest BCUT2D eigenvalue weighted by molar-refractivity contribution is -0.143. The Kier molecular flexibility index (Phi) is 16.2. The largest absolute Gasteiger partial charge is 0.477 e. The van der Waals surface area contributed by atoms with Crippen molar-refractivity contribution in [3.63, 3.8) is 0 Å². The Morgan fingerprint density at radius 1 is 0.622 bits per heavy atom. The molecule has 0 atom stereocenters. The minimum absolute atomic E-state index is 0.104. The summed E-state index contributed by atoms with van der Waals surface area (Å²) in [6.45, 7) is 5.04. The maximum absolute atomic E-state index is 12.7. The summed E-state index contributed by atoms with van der Waals surface area (Å²) in [4.78, 5) is 45.0. The molecule has 0 spiro atoms. The van der Waals surface area contributed by atoms with Gasteiger partial charge in [0.1, 0.15) is 5.75 Å². The zero-order valence-electron chi connectivity index (χ0n) is 26.6. The van der Waals surface area contributed by atoms with E-state index in [1.165, 1.54) is 75.6 Å². The average Bonchev–Trinajstić information content (AvgIpc) is 3.06. The van der Waals surface area contributed by atoms with Crippen molar-refractivity contribution < 1.29 is 33.3 Å². The lowest BCUT2D eigenvalue weighted by Crippen LogP contribution is -2.10. The van der Waals surface area contributed by atoms with Gasteiger partial charge >= 0.3 is 17.9 Å². The molecule has 9 nitrogen and oxygen atoms in total. The van der Waals surface area contributed by atoms with Crippen molar-refractivity contribution in [2.24, 2.45) is 0 Å². The van der Waals surface area contributed by atoms with Gasteiger partial charge in [-0.2, -0.15) is 0 Å². The van der Waals surface area contributed by atoms with E-state index < -0.39 is 11.9 Å². The Morgan fingerprint density at radius 3 is 1.87 bits per heavy atom. The number of hydrogen-bond acceptors (Lipinski definition) is 9. The molecule has 1 heterocycles. The second kappa shape index (κ2) is 20.6. The predicted molar refractivity (Wildman–Crippen MR) is 172 cm³/mol. The van der Waals surface area contributed by atoms with E-state index >= 15 is 0 Å². The normalized spacial score (nSPS) is 10.7. The van der Waals surface area contributed by atoms with Crippen LogP contribution in [0.1, 0.15) is 112 Å². The molecule has 3 rings (SSSR count). The van der Waals surface area contributed by atoms with Crippen molar-refractivity contribution in [2.45, 2.75) is 90.9 Å². The van der Waals surface area contributed by atoms with Crippen LogP contribution < -0.4 is 9.47 Å². The van der Waals surface area contributed by atoms with Gasteiger partial charge in [-0.25, -0.2) is 19.6 Å². The predicted octanol–water partition coefficient (Wildman–Crippen LogP) is 8.16. The molecule has 0 aliphatic heterocycles. The number of aromatic nitrogens is 2. The number of hydrogen-bond donors (Lipinski definition) is 0. The summed E-state index contributed by atoms with van der Waals surface area (Å²) in [7, 11) is 0. The molecular formula is C36H46N2O7. The van der Waals surface area contributed by atoms with Crippen molar-refractivity contribution >= 4 is 17.9 Å². The third-order valence-corrected chi connectivity index (χ3v) is 7.16. The molecule has 3 aromatic rings. The summed E-state index contributed by atoms with van der Waals surface area (Å²) in [5.41, 5.74) is 2.16. The number of ether oxygens (including phenoxy) is 4. The average molecular weight is 619 g/mol. The first-order valence-electron chi connectivity index (χ1n) is 16.2. The van der Waals surface area contributed by atoms with Crippen molar-refractivity contribution in [3.8, 4) is 22.9 Å². The van der Waals surface area contributed by atoms with Crippen LogP contribution >= 0.6 is 0 Å². The Morgan fingerprint density at radius 2 is 1.24 bits per heavy atom. The van der Waals surface area contributed by atoms with Gasteiger partial charge in [-0.15, -0.1) is 0 Å². The number of rotatable bonds is 21. The quantitative estimate of drug-likeness (QED) is 0.0662. The lowest BCUT2D eigenvalue weighted by Gasteiger charge is -2.08. The highest BCUT2D eigenvalue weighted by Gasteiger charge is 2.12.